The summed E-state index contributed by atoms with van der Waals surface area (Å²) in [5, 5.41) is 0. The molecule has 2 rings (SSSR count). The highest BCUT2D eigenvalue weighted by Gasteiger charge is 2.36. The summed E-state index contributed by atoms with van der Waals surface area (Å²) in [7, 11) is 0. The highest BCUT2D eigenvalue weighted by atomic mass is 79.9. The molecule has 0 spiro atoms. The van der Waals surface area contributed by atoms with Crippen molar-refractivity contribution in [2.45, 2.75) is 118 Å². The number of nitrogens with zero attached hydrogens (tertiary/aromatic N) is 1. The van der Waals surface area contributed by atoms with Gasteiger partial charge in [-0.2, -0.15) is 0 Å². The Kier molecular flexibility index (Phi) is 15.7. The summed E-state index contributed by atoms with van der Waals surface area (Å²) in [5.41, 5.74) is 2.49. The van der Waals surface area contributed by atoms with Crippen LogP contribution in [0.4, 0.5) is 0 Å². The van der Waals surface area contributed by atoms with Gasteiger partial charge >= 0.3 is 0 Å². The first kappa shape index (κ1) is 31.4. The Balaban J connectivity index is 0.00000578. The van der Waals surface area contributed by atoms with E-state index < -0.39 is 0 Å². The smallest absolute Gasteiger partial charge is 0.125 e. The summed E-state index contributed by atoms with van der Waals surface area (Å²) < 4.78 is 13.6. The SMILES string of the molecule is Cc1cccc(C)c1OCCC[N+]1(CCCCCCCCCCC(C)C)CC(C)OC(C)C1.[Br-]. The molecule has 198 valence electrons. The van der Waals surface area contributed by atoms with Crippen molar-refractivity contribution >= 4 is 0 Å². The van der Waals surface area contributed by atoms with E-state index in [0.717, 1.165) is 37.8 Å². The topological polar surface area (TPSA) is 18.5 Å². The first-order valence-electron chi connectivity index (χ1n) is 14.0. The first-order chi connectivity index (χ1) is 15.8. The molecule has 34 heavy (non-hydrogen) atoms. The zero-order valence-electron chi connectivity index (χ0n) is 23.2. The third kappa shape index (κ3) is 11.9. The van der Waals surface area contributed by atoms with E-state index in [1.165, 1.54) is 86.5 Å². The van der Waals surface area contributed by atoms with Gasteiger partial charge in [0.25, 0.3) is 0 Å². The van der Waals surface area contributed by atoms with Crippen molar-refractivity contribution in [3.05, 3.63) is 29.3 Å². The fourth-order valence-corrected chi connectivity index (χ4v) is 5.79. The van der Waals surface area contributed by atoms with Gasteiger partial charge in [-0.1, -0.05) is 77.0 Å². The van der Waals surface area contributed by atoms with Crippen molar-refractivity contribution in [3.8, 4) is 5.75 Å². The van der Waals surface area contributed by atoms with E-state index in [1.807, 2.05) is 0 Å². The van der Waals surface area contributed by atoms with Gasteiger partial charge < -0.3 is 30.9 Å². The summed E-state index contributed by atoms with van der Waals surface area (Å²) in [6.07, 6.45) is 14.5. The molecule has 0 aliphatic carbocycles. The van der Waals surface area contributed by atoms with Crippen LogP contribution < -0.4 is 21.7 Å². The Morgan fingerprint density at radius 1 is 0.824 bits per heavy atom. The fraction of sp³-hybridized carbons (Fsp3) is 0.800. The molecule has 0 saturated carbocycles. The van der Waals surface area contributed by atoms with Crippen molar-refractivity contribution in [1.29, 1.82) is 0 Å². The van der Waals surface area contributed by atoms with Crippen LogP contribution in [0.2, 0.25) is 0 Å². The summed E-state index contributed by atoms with van der Waals surface area (Å²) >= 11 is 0. The molecule has 1 fully saturated rings. The molecular formula is C30H54BrNO2. The van der Waals surface area contributed by atoms with E-state index in [9.17, 15) is 0 Å². The standard InChI is InChI=1S/C30H54NO2.BrH/c1-25(2)17-13-11-9-7-8-10-12-14-20-31(23-28(5)33-29(6)24-31)21-16-22-32-30-26(3)18-15-19-27(30)4;/h15,18-19,25,28-29H,7-14,16-17,20-24H2,1-6H3;1H/q+1;/p-1. The molecule has 2 unspecified atom stereocenters. The predicted molar refractivity (Wildman–Crippen MR) is 142 cm³/mol. The molecule has 0 aromatic heterocycles. The molecule has 2 atom stereocenters. The number of hydrogen-bond donors (Lipinski definition) is 0. The Bertz CT molecular complexity index is 633. The molecule has 0 N–H and O–H groups in total. The lowest BCUT2D eigenvalue weighted by Gasteiger charge is -2.46. The van der Waals surface area contributed by atoms with Crippen LogP contribution in [0.15, 0.2) is 18.2 Å². The minimum Gasteiger partial charge on any atom is -1.00 e. The van der Waals surface area contributed by atoms with E-state index >= 15 is 0 Å². The molecule has 0 amide bonds. The number of rotatable bonds is 16. The van der Waals surface area contributed by atoms with Gasteiger partial charge in [-0.3, -0.25) is 0 Å². The van der Waals surface area contributed by atoms with E-state index in [-0.39, 0.29) is 17.0 Å². The molecule has 3 nitrogen and oxygen atoms in total. The van der Waals surface area contributed by atoms with E-state index in [2.05, 4.69) is 59.7 Å². The lowest BCUT2D eigenvalue weighted by atomic mass is 10.0. The number of morpholine rings is 1. The van der Waals surface area contributed by atoms with Gasteiger partial charge in [0.1, 0.15) is 31.0 Å². The van der Waals surface area contributed by atoms with Crippen molar-refractivity contribution in [2.75, 3.05) is 32.8 Å². The molecule has 1 saturated heterocycles. The van der Waals surface area contributed by atoms with Gasteiger partial charge in [0.05, 0.1) is 19.7 Å². The molecule has 1 aliphatic rings. The molecule has 1 aliphatic heterocycles. The van der Waals surface area contributed by atoms with Gasteiger partial charge in [-0.25, -0.2) is 0 Å². The summed E-state index contributed by atoms with van der Waals surface area (Å²) in [5.74, 6) is 1.95. The Morgan fingerprint density at radius 2 is 1.32 bits per heavy atom. The van der Waals surface area contributed by atoms with Crippen molar-refractivity contribution < 1.29 is 30.9 Å². The van der Waals surface area contributed by atoms with E-state index in [0.29, 0.717) is 12.2 Å². The van der Waals surface area contributed by atoms with Crippen LogP contribution in [-0.2, 0) is 4.74 Å². The molecule has 1 heterocycles. The van der Waals surface area contributed by atoms with Crippen LogP contribution in [0.5, 0.6) is 5.75 Å². The normalized spacial score (nSPS) is 22.6. The number of benzene rings is 1. The van der Waals surface area contributed by atoms with Gasteiger partial charge in [0.2, 0.25) is 0 Å². The maximum absolute atomic E-state index is 6.23. The molecule has 1 aromatic rings. The van der Waals surface area contributed by atoms with Crippen LogP contribution in [-0.4, -0.2) is 49.5 Å². The highest BCUT2D eigenvalue weighted by molar-refractivity contribution is 5.39. The highest BCUT2D eigenvalue weighted by Crippen LogP contribution is 2.25. The third-order valence-electron chi connectivity index (χ3n) is 7.35. The second-order valence-electron chi connectivity index (χ2n) is 11.3. The van der Waals surface area contributed by atoms with Gasteiger partial charge in [-0.15, -0.1) is 0 Å². The summed E-state index contributed by atoms with van der Waals surface area (Å²) in [4.78, 5) is 0. The van der Waals surface area contributed by atoms with Crippen molar-refractivity contribution in [1.82, 2.24) is 0 Å². The Labute approximate surface area is 222 Å². The minimum atomic E-state index is 0. The minimum absolute atomic E-state index is 0. The number of quaternary nitrogens is 1. The van der Waals surface area contributed by atoms with E-state index in [4.69, 9.17) is 9.47 Å². The maximum atomic E-state index is 6.23. The van der Waals surface area contributed by atoms with Crippen molar-refractivity contribution in [3.63, 3.8) is 0 Å². The van der Waals surface area contributed by atoms with Crippen LogP contribution in [0, 0.1) is 19.8 Å². The predicted octanol–water partition coefficient (Wildman–Crippen LogP) is 4.87. The number of hydrogen-bond acceptors (Lipinski definition) is 2. The molecular weight excluding hydrogens is 486 g/mol. The molecule has 0 radical (unpaired) electrons. The number of halogens is 1. The monoisotopic (exact) mass is 539 g/mol. The Morgan fingerprint density at radius 3 is 1.88 bits per heavy atom. The largest absolute Gasteiger partial charge is 1.00 e. The maximum Gasteiger partial charge on any atom is 0.125 e. The van der Waals surface area contributed by atoms with Crippen molar-refractivity contribution in [2.24, 2.45) is 5.92 Å². The van der Waals surface area contributed by atoms with Crippen LogP contribution in [0.3, 0.4) is 0 Å². The van der Waals surface area contributed by atoms with Gasteiger partial charge in [0, 0.05) is 6.42 Å². The number of unbranched alkanes of at least 4 members (excludes halogenated alkanes) is 7. The molecule has 1 aromatic carbocycles. The van der Waals surface area contributed by atoms with Crippen LogP contribution in [0.25, 0.3) is 0 Å². The zero-order valence-corrected chi connectivity index (χ0v) is 24.8. The fourth-order valence-electron chi connectivity index (χ4n) is 5.79. The second-order valence-corrected chi connectivity index (χ2v) is 11.3. The van der Waals surface area contributed by atoms with Crippen LogP contribution in [0.1, 0.15) is 103 Å². The second kappa shape index (κ2) is 17.0. The summed E-state index contributed by atoms with van der Waals surface area (Å²) in [6, 6.07) is 6.40. The first-order valence-corrected chi connectivity index (χ1v) is 14.0. The average molecular weight is 541 g/mol. The third-order valence-corrected chi connectivity index (χ3v) is 7.35. The zero-order chi connectivity index (χ0) is 24.1. The van der Waals surface area contributed by atoms with Gasteiger partial charge in [-0.05, 0) is 57.6 Å². The van der Waals surface area contributed by atoms with Crippen LogP contribution >= 0.6 is 0 Å². The quantitative estimate of drug-likeness (QED) is 0.220. The average Bonchev–Trinajstić information content (AvgIpc) is 2.73. The Hall–Kier alpha value is -0.580. The number of para-hydroxylation sites is 1. The number of ether oxygens (including phenoxy) is 2. The molecule has 0 bridgehead atoms. The van der Waals surface area contributed by atoms with E-state index in [1.54, 1.807) is 0 Å². The lowest BCUT2D eigenvalue weighted by Crippen LogP contribution is -3.00. The van der Waals surface area contributed by atoms with Gasteiger partial charge in [0.15, 0.2) is 0 Å². The molecule has 4 heteroatoms. The lowest BCUT2D eigenvalue weighted by molar-refractivity contribution is -0.941. The summed E-state index contributed by atoms with van der Waals surface area (Å²) in [6.45, 7) is 19.1. The number of aryl methyl sites for hydroxylation is 2.